The number of halogens is 1. The van der Waals surface area contributed by atoms with E-state index in [2.05, 4.69) is 33.6 Å². The zero-order chi connectivity index (χ0) is 9.42. The number of carbonyl (C=O) groups excluding carboxylic acids is 1. The Labute approximate surface area is 90.2 Å². The fourth-order valence-corrected chi connectivity index (χ4v) is 2.43. The Morgan fingerprint density at radius 1 is 1.46 bits per heavy atom. The molecular weight excluding hydrogens is 277 g/mol. The lowest BCUT2D eigenvalue weighted by Gasteiger charge is -2.11. The molecule has 0 saturated heterocycles. The maximum atomic E-state index is 11.1. The van der Waals surface area contributed by atoms with Gasteiger partial charge in [0.1, 0.15) is 0 Å². The van der Waals surface area contributed by atoms with E-state index in [1.807, 2.05) is 13.0 Å². The zero-order valence-corrected chi connectivity index (χ0v) is 9.33. The topological polar surface area (TPSA) is 29.4 Å². The van der Waals surface area contributed by atoms with Gasteiger partial charge in [-0.1, -0.05) is 6.07 Å². The average molecular weight is 285 g/mol. The number of ketones is 1. The molecule has 13 heavy (non-hydrogen) atoms. The van der Waals surface area contributed by atoms with Crippen LogP contribution in [0.15, 0.2) is 17.1 Å². The van der Waals surface area contributed by atoms with Gasteiger partial charge >= 0.3 is 0 Å². The first-order chi connectivity index (χ1) is 6.16. The van der Waals surface area contributed by atoms with E-state index in [0.717, 1.165) is 14.8 Å². The molecule has 0 aliphatic carbocycles. The lowest BCUT2D eigenvalue weighted by atomic mass is 10.0. The number of benzene rings is 1. The number of carbonyl (C=O) groups is 1. The second-order valence-corrected chi connectivity index (χ2v) is 4.32. The van der Waals surface area contributed by atoms with Crippen LogP contribution in [-0.4, -0.2) is 12.0 Å². The van der Waals surface area contributed by atoms with E-state index in [0.29, 0.717) is 6.42 Å². The van der Waals surface area contributed by atoms with Crippen LogP contribution in [0.3, 0.4) is 0 Å². The molecule has 1 aliphatic heterocycles. The molecule has 0 N–H and O–H groups in total. The van der Waals surface area contributed by atoms with Gasteiger partial charge in [-0.2, -0.15) is 0 Å². The third kappa shape index (κ3) is 1.65. The van der Waals surface area contributed by atoms with Crippen molar-refractivity contribution in [1.29, 1.82) is 0 Å². The number of hydrogen-bond donors (Lipinski definition) is 0. The Bertz CT molecular complexity index is 410. The quantitative estimate of drug-likeness (QED) is 0.673. The molecule has 66 valence electrons. The van der Waals surface area contributed by atoms with Crippen LogP contribution in [0, 0.1) is 10.5 Å². The summed E-state index contributed by atoms with van der Waals surface area (Å²) in [5.41, 5.74) is 3.20. The number of hydrogen-bond acceptors (Lipinski definition) is 2. The van der Waals surface area contributed by atoms with Crippen molar-refractivity contribution in [3.05, 3.63) is 26.8 Å². The van der Waals surface area contributed by atoms with Crippen LogP contribution in [0.2, 0.25) is 0 Å². The van der Waals surface area contributed by atoms with Crippen molar-refractivity contribution in [3.63, 3.8) is 0 Å². The van der Waals surface area contributed by atoms with Gasteiger partial charge in [0.2, 0.25) is 0 Å². The summed E-state index contributed by atoms with van der Waals surface area (Å²) in [4.78, 5) is 15.2. The van der Waals surface area contributed by atoms with Crippen molar-refractivity contribution in [2.24, 2.45) is 4.99 Å². The van der Waals surface area contributed by atoms with Crippen molar-refractivity contribution in [1.82, 2.24) is 0 Å². The predicted octanol–water partition coefficient (Wildman–Crippen LogP) is 2.43. The van der Waals surface area contributed by atoms with Gasteiger partial charge in [-0.25, -0.2) is 0 Å². The van der Waals surface area contributed by atoms with Crippen LogP contribution < -0.4 is 0 Å². The van der Waals surface area contributed by atoms with Gasteiger partial charge in [0.05, 0.1) is 11.9 Å². The van der Waals surface area contributed by atoms with Gasteiger partial charge < -0.3 is 0 Å². The molecule has 0 bridgehead atoms. The molecule has 2 rings (SSSR count). The lowest BCUT2D eigenvalue weighted by molar-refractivity contribution is -0.112. The smallest absolute Gasteiger partial charge is 0.178 e. The number of aryl methyl sites for hydroxylation is 1. The summed E-state index contributed by atoms with van der Waals surface area (Å²) >= 11 is 2.25. The lowest BCUT2D eigenvalue weighted by Crippen LogP contribution is -2.09. The summed E-state index contributed by atoms with van der Waals surface area (Å²) < 4.78 is 1.12. The highest BCUT2D eigenvalue weighted by Crippen LogP contribution is 2.29. The molecule has 0 spiro atoms. The normalized spacial score (nSPS) is 14.5. The zero-order valence-electron chi connectivity index (χ0n) is 7.17. The maximum absolute atomic E-state index is 11.1. The fraction of sp³-hybridized carbons (Fsp3) is 0.200. The van der Waals surface area contributed by atoms with E-state index in [1.165, 1.54) is 11.8 Å². The molecule has 3 heteroatoms. The molecule has 0 fully saturated rings. The van der Waals surface area contributed by atoms with E-state index < -0.39 is 0 Å². The summed E-state index contributed by atoms with van der Waals surface area (Å²) in [6.45, 7) is 2.03. The first kappa shape index (κ1) is 8.87. The van der Waals surface area contributed by atoms with E-state index in [-0.39, 0.29) is 5.78 Å². The predicted molar refractivity (Wildman–Crippen MR) is 60.8 cm³/mol. The number of aliphatic imine (C=N–C) groups is 1. The highest BCUT2D eigenvalue weighted by atomic mass is 127. The van der Waals surface area contributed by atoms with Gasteiger partial charge in [-0.3, -0.25) is 9.79 Å². The van der Waals surface area contributed by atoms with Crippen LogP contribution in [0.4, 0.5) is 5.69 Å². The Hall–Kier alpha value is -0.710. The van der Waals surface area contributed by atoms with Crippen molar-refractivity contribution in [2.75, 3.05) is 0 Å². The maximum Gasteiger partial charge on any atom is 0.178 e. The summed E-state index contributed by atoms with van der Waals surface area (Å²) in [6.07, 6.45) is 1.91. The van der Waals surface area contributed by atoms with E-state index in [1.54, 1.807) is 0 Å². The molecule has 0 saturated carbocycles. The average Bonchev–Trinajstić information content (AvgIpc) is 2.02. The fourth-order valence-electron chi connectivity index (χ4n) is 1.46. The minimum Gasteiger partial charge on any atom is -0.293 e. The van der Waals surface area contributed by atoms with Crippen molar-refractivity contribution in [2.45, 2.75) is 13.3 Å². The monoisotopic (exact) mass is 285 g/mol. The van der Waals surface area contributed by atoms with Crippen LogP contribution in [0.5, 0.6) is 0 Å². The standard InChI is InChI=1S/C10H8INO/c1-6-2-7-4-8(13)5-12-10(7)9(11)3-6/h2-3,5H,4H2,1H3. The number of Topliss-reactive ketones (excluding diaryl/α,β-unsaturated/α-hetero) is 1. The summed E-state index contributed by atoms with van der Waals surface area (Å²) in [5, 5.41) is 0. The van der Waals surface area contributed by atoms with Crippen molar-refractivity contribution >= 4 is 40.3 Å². The Morgan fingerprint density at radius 2 is 2.23 bits per heavy atom. The summed E-state index contributed by atoms with van der Waals surface area (Å²) in [7, 11) is 0. The molecule has 0 aromatic heterocycles. The molecule has 1 aromatic carbocycles. The van der Waals surface area contributed by atoms with Crippen LogP contribution in [0.1, 0.15) is 11.1 Å². The van der Waals surface area contributed by atoms with Gasteiger partial charge in [-0.15, -0.1) is 0 Å². The molecule has 0 unspecified atom stereocenters. The van der Waals surface area contributed by atoms with E-state index in [9.17, 15) is 4.79 Å². The van der Waals surface area contributed by atoms with Gasteiger partial charge in [0, 0.05) is 9.99 Å². The molecule has 0 radical (unpaired) electrons. The van der Waals surface area contributed by atoms with E-state index >= 15 is 0 Å². The Morgan fingerprint density at radius 3 is 3.00 bits per heavy atom. The summed E-state index contributed by atoms with van der Waals surface area (Å²) in [5.74, 6) is 0.0916. The SMILES string of the molecule is Cc1cc(I)c2c(c1)CC(=O)C=N2. The molecule has 1 aromatic rings. The van der Waals surface area contributed by atoms with Crippen molar-refractivity contribution < 1.29 is 4.79 Å². The molecule has 1 aliphatic rings. The van der Waals surface area contributed by atoms with Crippen LogP contribution >= 0.6 is 22.6 Å². The first-order valence-electron chi connectivity index (χ1n) is 4.03. The molecule has 0 amide bonds. The largest absolute Gasteiger partial charge is 0.293 e. The minimum atomic E-state index is 0.0916. The molecule has 1 heterocycles. The highest BCUT2D eigenvalue weighted by molar-refractivity contribution is 14.1. The van der Waals surface area contributed by atoms with Crippen LogP contribution in [-0.2, 0) is 11.2 Å². The first-order valence-corrected chi connectivity index (χ1v) is 5.10. The van der Waals surface area contributed by atoms with Crippen LogP contribution in [0.25, 0.3) is 0 Å². The van der Waals surface area contributed by atoms with Gasteiger partial charge in [0.15, 0.2) is 5.78 Å². The number of rotatable bonds is 0. The summed E-state index contributed by atoms with van der Waals surface area (Å²) in [6, 6.07) is 4.11. The Kier molecular flexibility index (Phi) is 2.19. The molecule has 0 atom stereocenters. The third-order valence-corrected chi connectivity index (χ3v) is 2.81. The van der Waals surface area contributed by atoms with Gasteiger partial charge in [0.25, 0.3) is 0 Å². The van der Waals surface area contributed by atoms with Gasteiger partial charge in [-0.05, 0) is 46.7 Å². The minimum absolute atomic E-state index is 0.0916. The molecular formula is C10H8INO. The number of fused-ring (bicyclic) bond motifs is 1. The second-order valence-electron chi connectivity index (χ2n) is 3.16. The number of nitrogens with zero attached hydrogens (tertiary/aromatic N) is 1. The molecule has 2 nitrogen and oxygen atoms in total. The Balaban J connectivity index is 2.62. The van der Waals surface area contributed by atoms with E-state index in [4.69, 9.17) is 0 Å². The van der Waals surface area contributed by atoms with Crippen molar-refractivity contribution in [3.8, 4) is 0 Å². The third-order valence-electron chi connectivity index (χ3n) is 1.99. The second kappa shape index (κ2) is 3.21. The highest BCUT2D eigenvalue weighted by Gasteiger charge is 2.14.